The lowest BCUT2D eigenvalue weighted by atomic mass is 10.2. The highest BCUT2D eigenvalue weighted by atomic mass is 35.5. The van der Waals surface area contributed by atoms with E-state index in [-0.39, 0.29) is 23.1 Å². The zero-order valence-corrected chi connectivity index (χ0v) is 11.4. The van der Waals surface area contributed by atoms with Gasteiger partial charge < -0.3 is 14.7 Å². The van der Waals surface area contributed by atoms with Crippen molar-refractivity contribution in [2.75, 3.05) is 26.8 Å². The summed E-state index contributed by atoms with van der Waals surface area (Å²) in [7, 11) is 1.55. The summed E-state index contributed by atoms with van der Waals surface area (Å²) in [6.45, 7) is 1.12. The Kier molecular flexibility index (Phi) is 6.13. The van der Waals surface area contributed by atoms with Gasteiger partial charge in [0.05, 0.1) is 24.1 Å². The van der Waals surface area contributed by atoms with Gasteiger partial charge in [-0.15, -0.1) is 0 Å². The lowest BCUT2D eigenvalue weighted by molar-refractivity contribution is 0.0700. The van der Waals surface area contributed by atoms with Gasteiger partial charge in [0, 0.05) is 25.8 Å². The molecule has 0 saturated carbocycles. The van der Waals surface area contributed by atoms with Crippen molar-refractivity contribution in [1.82, 2.24) is 4.90 Å². The van der Waals surface area contributed by atoms with E-state index in [2.05, 4.69) is 0 Å². The summed E-state index contributed by atoms with van der Waals surface area (Å²) in [5.74, 6) is -0.312. The van der Waals surface area contributed by atoms with Crippen LogP contribution < -0.4 is 0 Å². The lowest BCUT2D eigenvalue weighted by Crippen LogP contribution is -2.34. The third-order valence-corrected chi connectivity index (χ3v) is 2.84. The molecule has 0 radical (unpaired) electrons. The number of phenols is 1. The number of methoxy groups -OCH3 is 1. The molecule has 6 heteroatoms. The number of hydrogen-bond donors (Lipinski definition) is 1. The number of ether oxygens (including phenoxy) is 1. The molecular weight excluding hydrogens is 268 g/mol. The highest BCUT2D eigenvalue weighted by Gasteiger charge is 2.16. The Hall–Kier alpha value is -1.77. The van der Waals surface area contributed by atoms with Crippen LogP contribution in [0.2, 0.25) is 5.02 Å². The molecule has 0 spiro atoms. The van der Waals surface area contributed by atoms with Crippen LogP contribution in [0.25, 0.3) is 0 Å². The fourth-order valence-electron chi connectivity index (χ4n) is 1.52. The molecule has 1 N–H and O–H groups in total. The smallest absolute Gasteiger partial charge is 0.254 e. The van der Waals surface area contributed by atoms with Crippen molar-refractivity contribution in [3.63, 3.8) is 0 Å². The van der Waals surface area contributed by atoms with E-state index in [0.717, 1.165) is 0 Å². The second kappa shape index (κ2) is 7.62. The van der Waals surface area contributed by atoms with Crippen LogP contribution in [0.5, 0.6) is 5.75 Å². The van der Waals surface area contributed by atoms with Crippen molar-refractivity contribution < 1.29 is 14.6 Å². The normalized spacial score (nSPS) is 9.95. The van der Waals surface area contributed by atoms with Crippen LogP contribution in [-0.2, 0) is 4.74 Å². The Balaban J connectivity index is 2.84. The largest absolute Gasteiger partial charge is 0.506 e. The Morgan fingerprint density at radius 2 is 2.26 bits per heavy atom. The van der Waals surface area contributed by atoms with E-state index in [9.17, 15) is 9.90 Å². The minimum atomic E-state index is -0.241. The number of aromatic hydroxyl groups is 1. The van der Waals surface area contributed by atoms with Gasteiger partial charge in [-0.1, -0.05) is 11.6 Å². The van der Waals surface area contributed by atoms with Gasteiger partial charge in [-0.25, -0.2) is 0 Å². The number of halogens is 1. The SMILES string of the molecule is COCCN(CCC#N)C(=O)c1ccc(O)c(Cl)c1. The zero-order chi connectivity index (χ0) is 14.3. The second-order valence-corrected chi connectivity index (χ2v) is 4.27. The average molecular weight is 283 g/mol. The number of hydrogen-bond acceptors (Lipinski definition) is 4. The summed E-state index contributed by atoms with van der Waals surface area (Å²) in [4.78, 5) is 13.8. The first-order valence-electron chi connectivity index (χ1n) is 5.73. The maximum absolute atomic E-state index is 12.2. The van der Waals surface area contributed by atoms with Crippen LogP contribution in [0.15, 0.2) is 18.2 Å². The lowest BCUT2D eigenvalue weighted by Gasteiger charge is -2.21. The first-order chi connectivity index (χ1) is 9.10. The highest BCUT2D eigenvalue weighted by Crippen LogP contribution is 2.24. The summed E-state index contributed by atoms with van der Waals surface area (Å²) in [6, 6.07) is 6.27. The van der Waals surface area contributed by atoms with Crippen molar-refractivity contribution in [3.8, 4) is 11.8 Å². The van der Waals surface area contributed by atoms with Crippen molar-refractivity contribution in [2.24, 2.45) is 0 Å². The second-order valence-electron chi connectivity index (χ2n) is 3.86. The molecular formula is C13H15ClN2O3. The summed E-state index contributed by atoms with van der Waals surface area (Å²) >= 11 is 5.77. The van der Waals surface area contributed by atoms with Crippen LogP contribution in [-0.4, -0.2) is 42.7 Å². The summed E-state index contributed by atoms with van der Waals surface area (Å²) < 4.78 is 4.94. The van der Waals surface area contributed by atoms with Gasteiger partial charge in [0.2, 0.25) is 0 Å². The number of carbonyl (C=O) groups is 1. The molecule has 1 aromatic carbocycles. The first-order valence-corrected chi connectivity index (χ1v) is 6.11. The molecule has 1 rings (SSSR count). The molecule has 1 amide bonds. The molecule has 0 aliphatic carbocycles. The number of benzene rings is 1. The van der Waals surface area contributed by atoms with E-state index >= 15 is 0 Å². The van der Waals surface area contributed by atoms with Crippen molar-refractivity contribution >= 4 is 17.5 Å². The molecule has 1 aromatic rings. The van der Waals surface area contributed by atoms with E-state index in [1.807, 2.05) is 6.07 Å². The molecule has 0 fully saturated rings. The van der Waals surface area contributed by atoms with Gasteiger partial charge in [-0.3, -0.25) is 4.79 Å². The predicted molar refractivity (Wildman–Crippen MR) is 71.1 cm³/mol. The first kappa shape index (κ1) is 15.3. The average Bonchev–Trinajstić information content (AvgIpc) is 2.41. The molecule has 0 aromatic heterocycles. The van der Waals surface area contributed by atoms with Crippen LogP contribution in [0.4, 0.5) is 0 Å². The van der Waals surface area contributed by atoms with Gasteiger partial charge in [0.15, 0.2) is 0 Å². The van der Waals surface area contributed by atoms with E-state index in [1.54, 1.807) is 7.11 Å². The Labute approximate surface area is 117 Å². The van der Waals surface area contributed by atoms with E-state index in [1.165, 1.54) is 23.1 Å². The van der Waals surface area contributed by atoms with Crippen LogP contribution in [0.3, 0.4) is 0 Å². The van der Waals surface area contributed by atoms with E-state index in [4.69, 9.17) is 21.6 Å². The molecule has 0 atom stereocenters. The van der Waals surface area contributed by atoms with Gasteiger partial charge in [0.1, 0.15) is 5.75 Å². The topological polar surface area (TPSA) is 73.6 Å². The van der Waals surface area contributed by atoms with Gasteiger partial charge in [0.25, 0.3) is 5.91 Å². The third-order valence-electron chi connectivity index (χ3n) is 2.54. The summed E-state index contributed by atoms with van der Waals surface area (Å²) in [5, 5.41) is 18.1. The Morgan fingerprint density at radius 1 is 1.53 bits per heavy atom. The predicted octanol–water partition coefficient (Wildman–Crippen LogP) is 2.05. The minimum absolute atomic E-state index is 0.0707. The Morgan fingerprint density at radius 3 is 2.84 bits per heavy atom. The monoisotopic (exact) mass is 282 g/mol. The van der Waals surface area contributed by atoms with Gasteiger partial charge in [-0.05, 0) is 18.2 Å². The van der Waals surface area contributed by atoms with Crippen LogP contribution in [0, 0.1) is 11.3 Å². The fourth-order valence-corrected chi connectivity index (χ4v) is 1.70. The Bertz CT molecular complexity index is 485. The fraction of sp³-hybridized carbons (Fsp3) is 0.385. The summed E-state index contributed by atoms with van der Waals surface area (Å²) in [5.41, 5.74) is 0.372. The number of nitriles is 1. The third kappa shape index (κ3) is 4.43. The molecule has 0 unspecified atom stereocenters. The van der Waals surface area contributed by atoms with Crippen molar-refractivity contribution in [1.29, 1.82) is 5.26 Å². The molecule has 19 heavy (non-hydrogen) atoms. The number of amides is 1. The maximum atomic E-state index is 12.2. The van der Waals surface area contributed by atoms with Crippen LogP contribution in [0.1, 0.15) is 16.8 Å². The molecule has 0 aliphatic rings. The number of nitrogens with zero attached hydrogens (tertiary/aromatic N) is 2. The summed E-state index contributed by atoms with van der Waals surface area (Å²) in [6.07, 6.45) is 0.251. The number of phenolic OH excluding ortho intramolecular Hbond substituents is 1. The van der Waals surface area contributed by atoms with Crippen molar-refractivity contribution in [2.45, 2.75) is 6.42 Å². The molecule has 102 valence electrons. The standard InChI is InChI=1S/C13H15ClN2O3/c1-19-8-7-16(6-2-5-15)13(18)10-3-4-12(17)11(14)9-10/h3-4,9,17H,2,6-8H2,1H3. The van der Waals surface area contributed by atoms with E-state index in [0.29, 0.717) is 25.3 Å². The number of carbonyl (C=O) groups excluding carboxylic acids is 1. The minimum Gasteiger partial charge on any atom is -0.506 e. The maximum Gasteiger partial charge on any atom is 0.254 e. The molecule has 0 heterocycles. The molecule has 5 nitrogen and oxygen atoms in total. The molecule has 0 bridgehead atoms. The van der Waals surface area contributed by atoms with Gasteiger partial charge in [-0.2, -0.15) is 5.26 Å². The quantitative estimate of drug-likeness (QED) is 0.866. The van der Waals surface area contributed by atoms with Crippen molar-refractivity contribution in [3.05, 3.63) is 28.8 Å². The highest BCUT2D eigenvalue weighted by molar-refractivity contribution is 6.32. The van der Waals surface area contributed by atoms with E-state index < -0.39 is 0 Å². The zero-order valence-electron chi connectivity index (χ0n) is 10.6. The molecule has 0 aliphatic heterocycles. The van der Waals surface area contributed by atoms with Crippen LogP contribution >= 0.6 is 11.6 Å². The van der Waals surface area contributed by atoms with Gasteiger partial charge >= 0.3 is 0 Å². The molecule has 0 saturated heterocycles. The number of rotatable bonds is 6.